The van der Waals surface area contributed by atoms with Crippen LogP contribution in [0.2, 0.25) is 5.02 Å². The molecule has 0 radical (unpaired) electrons. The van der Waals surface area contributed by atoms with Gasteiger partial charge in [-0.1, -0.05) is 23.7 Å². The number of halogens is 2. The van der Waals surface area contributed by atoms with Gasteiger partial charge < -0.3 is 10.6 Å². The lowest BCUT2D eigenvalue weighted by Crippen LogP contribution is -2.27. The Morgan fingerprint density at radius 3 is 3.00 bits per heavy atom. The van der Waals surface area contributed by atoms with Gasteiger partial charge in [0.25, 0.3) is 0 Å². The van der Waals surface area contributed by atoms with Crippen LogP contribution in [0.4, 0.5) is 0 Å². The molecule has 0 spiro atoms. The van der Waals surface area contributed by atoms with E-state index in [1.54, 1.807) is 0 Å². The van der Waals surface area contributed by atoms with Crippen LogP contribution in [0.3, 0.4) is 0 Å². The molecule has 1 heterocycles. The van der Waals surface area contributed by atoms with Crippen LogP contribution in [0.1, 0.15) is 18.4 Å². The van der Waals surface area contributed by atoms with Crippen molar-refractivity contribution < 1.29 is 4.79 Å². The van der Waals surface area contributed by atoms with Gasteiger partial charge in [0.15, 0.2) is 0 Å². The fourth-order valence-electron chi connectivity index (χ4n) is 2.27. The smallest absolute Gasteiger partial charge is 0.224 e. The fraction of sp³-hybridized carbons (Fsp3) is 0.500. The van der Waals surface area contributed by atoms with Gasteiger partial charge in [-0.25, -0.2) is 0 Å². The minimum atomic E-state index is 0. The molecule has 1 fully saturated rings. The Labute approximate surface area is 125 Å². The zero-order chi connectivity index (χ0) is 12.8. The van der Waals surface area contributed by atoms with Crippen molar-refractivity contribution in [1.29, 1.82) is 0 Å². The number of carbonyl (C=O) groups is 1. The topological polar surface area (TPSA) is 41.1 Å². The molecule has 0 bridgehead atoms. The summed E-state index contributed by atoms with van der Waals surface area (Å²) in [5.41, 5.74) is 0.961. The van der Waals surface area contributed by atoms with Crippen LogP contribution >= 0.6 is 24.0 Å². The Kier molecular flexibility index (Phi) is 7.21. The van der Waals surface area contributed by atoms with Gasteiger partial charge in [0, 0.05) is 11.6 Å². The van der Waals surface area contributed by atoms with Gasteiger partial charge in [0.2, 0.25) is 5.91 Å². The van der Waals surface area contributed by atoms with E-state index in [9.17, 15) is 4.79 Å². The van der Waals surface area contributed by atoms with E-state index < -0.39 is 0 Å². The summed E-state index contributed by atoms with van der Waals surface area (Å²) in [4.78, 5) is 11.7. The van der Waals surface area contributed by atoms with Gasteiger partial charge >= 0.3 is 0 Å². The quantitative estimate of drug-likeness (QED) is 0.877. The first-order valence-electron chi connectivity index (χ1n) is 6.46. The summed E-state index contributed by atoms with van der Waals surface area (Å²) in [6, 6.07) is 7.44. The van der Waals surface area contributed by atoms with E-state index >= 15 is 0 Å². The van der Waals surface area contributed by atoms with Crippen molar-refractivity contribution in [2.75, 3.05) is 19.6 Å². The molecule has 106 valence electrons. The van der Waals surface area contributed by atoms with Gasteiger partial charge in [0.05, 0.1) is 6.42 Å². The number of hydrogen-bond donors (Lipinski definition) is 2. The molecule has 1 aliphatic rings. The van der Waals surface area contributed by atoms with E-state index in [1.165, 1.54) is 6.42 Å². The summed E-state index contributed by atoms with van der Waals surface area (Å²) in [5.74, 6) is 0.791. The second kappa shape index (κ2) is 8.41. The van der Waals surface area contributed by atoms with Crippen molar-refractivity contribution in [3.8, 4) is 0 Å². The zero-order valence-electron chi connectivity index (χ0n) is 10.8. The third kappa shape index (κ3) is 5.81. The minimum Gasteiger partial charge on any atom is -0.356 e. The van der Waals surface area contributed by atoms with Crippen LogP contribution < -0.4 is 10.6 Å². The standard InChI is InChI=1S/C14H19ClN2O.ClH/c15-13-3-1-2-12(8-13)9-14(18)17-7-5-11-4-6-16-10-11;/h1-3,8,11,16H,4-7,9-10H2,(H,17,18);1H. The van der Waals surface area contributed by atoms with Gasteiger partial charge in [-0.2, -0.15) is 0 Å². The maximum absolute atomic E-state index is 11.7. The van der Waals surface area contributed by atoms with Crippen molar-refractivity contribution in [1.82, 2.24) is 10.6 Å². The van der Waals surface area contributed by atoms with Crippen LogP contribution in [0, 0.1) is 5.92 Å². The molecule has 1 unspecified atom stereocenters. The van der Waals surface area contributed by atoms with Crippen molar-refractivity contribution in [3.63, 3.8) is 0 Å². The monoisotopic (exact) mass is 302 g/mol. The van der Waals surface area contributed by atoms with Crippen LogP contribution in [-0.2, 0) is 11.2 Å². The Morgan fingerprint density at radius 2 is 2.32 bits per heavy atom. The van der Waals surface area contributed by atoms with Crippen molar-refractivity contribution >= 4 is 29.9 Å². The van der Waals surface area contributed by atoms with Crippen molar-refractivity contribution in [2.24, 2.45) is 5.92 Å². The minimum absolute atomic E-state index is 0. The highest BCUT2D eigenvalue weighted by molar-refractivity contribution is 6.30. The highest BCUT2D eigenvalue weighted by Gasteiger charge is 2.14. The highest BCUT2D eigenvalue weighted by atomic mass is 35.5. The number of rotatable bonds is 5. The SMILES string of the molecule is Cl.O=C(Cc1cccc(Cl)c1)NCCC1CCNC1. The summed E-state index contributed by atoms with van der Waals surface area (Å²) >= 11 is 5.88. The number of carbonyl (C=O) groups excluding carboxylic acids is 1. The molecule has 3 nitrogen and oxygen atoms in total. The molecule has 0 saturated carbocycles. The average Bonchev–Trinajstić information content (AvgIpc) is 2.82. The average molecular weight is 303 g/mol. The summed E-state index contributed by atoms with van der Waals surface area (Å²) in [6.07, 6.45) is 2.70. The first kappa shape index (κ1) is 16.3. The summed E-state index contributed by atoms with van der Waals surface area (Å²) in [5, 5.41) is 6.97. The molecular weight excluding hydrogens is 283 g/mol. The molecule has 1 amide bonds. The largest absolute Gasteiger partial charge is 0.356 e. The first-order valence-corrected chi connectivity index (χ1v) is 6.83. The molecule has 0 aromatic heterocycles. The Hall–Kier alpha value is -0.770. The number of benzene rings is 1. The lowest BCUT2D eigenvalue weighted by molar-refractivity contribution is -0.120. The molecule has 1 aliphatic heterocycles. The van der Waals surface area contributed by atoms with E-state index in [0.29, 0.717) is 11.4 Å². The normalized spacial score (nSPS) is 17.8. The van der Waals surface area contributed by atoms with Gasteiger partial charge in [0.1, 0.15) is 0 Å². The predicted octanol–water partition coefficient (Wildman–Crippen LogP) is 2.42. The second-order valence-electron chi connectivity index (χ2n) is 4.80. The molecule has 2 N–H and O–H groups in total. The second-order valence-corrected chi connectivity index (χ2v) is 5.24. The third-order valence-electron chi connectivity index (χ3n) is 3.29. The van der Waals surface area contributed by atoms with Crippen LogP contribution in [-0.4, -0.2) is 25.5 Å². The molecule has 1 saturated heterocycles. The molecule has 1 aromatic rings. The summed E-state index contributed by atoms with van der Waals surface area (Å²) in [7, 11) is 0. The Balaban J connectivity index is 0.00000180. The number of nitrogens with one attached hydrogen (secondary N) is 2. The lowest BCUT2D eigenvalue weighted by atomic mass is 10.1. The zero-order valence-corrected chi connectivity index (χ0v) is 12.4. The molecule has 19 heavy (non-hydrogen) atoms. The molecule has 2 rings (SSSR count). The van der Waals surface area contributed by atoms with Crippen molar-refractivity contribution in [3.05, 3.63) is 34.9 Å². The summed E-state index contributed by atoms with van der Waals surface area (Å²) < 4.78 is 0. The molecular formula is C14H20Cl2N2O. The van der Waals surface area contributed by atoms with Crippen LogP contribution in [0.5, 0.6) is 0 Å². The maximum Gasteiger partial charge on any atom is 0.224 e. The Bertz CT molecular complexity index is 406. The lowest BCUT2D eigenvalue weighted by Gasteiger charge is -2.09. The number of amides is 1. The van der Waals surface area contributed by atoms with Crippen LogP contribution in [0.15, 0.2) is 24.3 Å². The number of hydrogen-bond acceptors (Lipinski definition) is 2. The van der Waals surface area contributed by atoms with E-state index in [1.807, 2.05) is 24.3 Å². The van der Waals surface area contributed by atoms with E-state index in [0.717, 1.165) is 37.5 Å². The predicted molar refractivity (Wildman–Crippen MR) is 81.0 cm³/mol. The van der Waals surface area contributed by atoms with E-state index in [4.69, 9.17) is 11.6 Å². The van der Waals surface area contributed by atoms with Gasteiger partial charge in [-0.05, 0) is 49.5 Å². The maximum atomic E-state index is 11.7. The van der Waals surface area contributed by atoms with Gasteiger partial charge in [-0.3, -0.25) is 4.79 Å². The summed E-state index contributed by atoms with van der Waals surface area (Å²) in [6.45, 7) is 2.97. The third-order valence-corrected chi connectivity index (χ3v) is 3.53. The van der Waals surface area contributed by atoms with Gasteiger partial charge in [-0.15, -0.1) is 12.4 Å². The molecule has 5 heteroatoms. The van der Waals surface area contributed by atoms with Crippen LogP contribution in [0.25, 0.3) is 0 Å². The Morgan fingerprint density at radius 1 is 1.47 bits per heavy atom. The molecule has 0 aliphatic carbocycles. The molecule has 1 atom stereocenters. The van der Waals surface area contributed by atoms with E-state index in [-0.39, 0.29) is 18.3 Å². The van der Waals surface area contributed by atoms with Crippen molar-refractivity contribution in [2.45, 2.75) is 19.3 Å². The first-order chi connectivity index (χ1) is 8.74. The highest BCUT2D eigenvalue weighted by Crippen LogP contribution is 2.12. The van der Waals surface area contributed by atoms with E-state index in [2.05, 4.69) is 10.6 Å². The molecule has 1 aromatic carbocycles. The fourth-order valence-corrected chi connectivity index (χ4v) is 2.48.